The second-order valence-electron chi connectivity index (χ2n) is 5.00. The minimum atomic E-state index is -2.95. The van der Waals surface area contributed by atoms with Gasteiger partial charge in [0.25, 0.3) is 0 Å². The number of allylic oxidation sites excluding steroid dienone is 1. The van der Waals surface area contributed by atoms with Gasteiger partial charge < -0.3 is 14.2 Å². The van der Waals surface area contributed by atoms with E-state index in [1.54, 1.807) is 18.2 Å². The van der Waals surface area contributed by atoms with E-state index in [4.69, 9.17) is 4.74 Å². The SMILES string of the molecule is COC(=O)COc1ccc(C(=O)/C=C/c2ccccc2OC(F)F)cc1. The second kappa shape index (κ2) is 9.31. The molecule has 0 bridgehead atoms. The Kier molecular flexibility index (Phi) is 6.84. The molecule has 0 saturated carbocycles. The lowest BCUT2D eigenvalue weighted by atomic mass is 10.1. The number of para-hydroxylation sites is 1. The van der Waals surface area contributed by atoms with E-state index in [0.717, 1.165) is 0 Å². The van der Waals surface area contributed by atoms with E-state index >= 15 is 0 Å². The first-order valence-corrected chi connectivity index (χ1v) is 7.55. The highest BCUT2D eigenvalue weighted by atomic mass is 19.3. The summed E-state index contributed by atoms with van der Waals surface area (Å²) in [6.07, 6.45) is 2.67. The van der Waals surface area contributed by atoms with Crippen molar-refractivity contribution in [1.82, 2.24) is 0 Å². The highest BCUT2D eigenvalue weighted by Gasteiger charge is 2.08. The largest absolute Gasteiger partial charge is 0.482 e. The van der Waals surface area contributed by atoms with Crippen LogP contribution in [0.3, 0.4) is 0 Å². The summed E-state index contributed by atoms with van der Waals surface area (Å²) in [5.74, 6) is -0.446. The van der Waals surface area contributed by atoms with E-state index in [0.29, 0.717) is 16.9 Å². The molecule has 0 saturated heterocycles. The van der Waals surface area contributed by atoms with Crippen LogP contribution >= 0.6 is 0 Å². The Labute approximate surface area is 148 Å². The molecule has 0 N–H and O–H groups in total. The van der Waals surface area contributed by atoms with Crippen LogP contribution in [0, 0.1) is 0 Å². The number of halogens is 2. The van der Waals surface area contributed by atoms with E-state index < -0.39 is 12.6 Å². The van der Waals surface area contributed by atoms with Crippen LogP contribution in [0.15, 0.2) is 54.6 Å². The Balaban J connectivity index is 2.03. The van der Waals surface area contributed by atoms with Crippen molar-refractivity contribution in [3.63, 3.8) is 0 Å². The lowest BCUT2D eigenvalue weighted by molar-refractivity contribution is -0.142. The molecular formula is C19H16F2O5. The first kappa shape index (κ1) is 19.1. The molecule has 136 valence electrons. The fraction of sp³-hybridized carbons (Fsp3) is 0.158. The average molecular weight is 362 g/mol. The number of alkyl halides is 2. The van der Waals surface area contributed by atoms with Crippen molar-refractivity contribution in [3.05, 3.63) is 65.7 Å². The van der Waals surface area contributed by atoms with E-state index in [-0.39, 0.29) is 18.1 Å². The fourth-order valence-electron chi connectivity index (χ4n) is 2.00. The summed E-state index contributed by atoms with van der Waals surface area (Å²) in [5.41, 5.74) is 0.734. The van der Waals surface area contributed by atoms with Gasteiger partial charge in [-0.1, -0.05) is 18.2 Å². The number of ketones is 1. The Morgan fingerprint density at radius 1 is 1.08 bits per heavy atom. The summed E-state index contributed by atoms with van der Waals surface area (Å²) in [6.45, 7) is -3.18. The van der Waals surface area contributed by atoms with Gasteiger partial charge in [0.05, 0.1) is 7.11 Å². The third kappa shape index (κ3) is 5.70. The number of carbonyl (C=O) groups is 2. The van der Waals surface area contributed by atoms with E-state index in [9.17, 15) is 18.4 Å². The minimum Gasteiger partial charge on any atom is -0.482 e. The van der Waals surface area contributed by atoms with E-state index in [2.05, 4.69) is 9.47 Å². The molecule has 2 rings (SSSR count). The fourth-order valence-corrected chi connectivity index (χ4v) is 2.00. The quantitative estimate of drug-likeness (QED) is 0.407. The van der Waals surface area contributed by atoms with Crippen molar-refractivity contribution in [3.8, 4) is 11.5 Å². The van der Waals surface area contributed by atoms with Crippen LogP contribution in [-0.2, 0) is 9.53 Å². The zero-order valence-corrected chi connectivity index (χ0v) is 13.9. The van der Waals surface area contributed by atoms with Crippen molar-refractivity contribution < 1.29 is 32.6 Å². The molecular weight excluding hydrogens is 346 g/mol. The molecule has 0 aliphatic carbocycles. The molecule has 0 aliphatic rings. The maximum absolute atomic E-state index is 12.4. The molecule has 0 aliphatic heterocycles. The van der Waals surface area contributed by atoms with Crippen molar-refractivity contribution in [2.75, 3.05) is 13.7 Å². The minimum absolute atomic E-state index is 0.0156. The third-order valence-electron chi connectivity index (χ3n) is 3.27. The monoisotopic (exact) mass is 362 g/mol. The highest BCUT2D eigenvalue weighted by Crippen LogP contribution is 2.22. The molecule has 0 spiro atoms. The summed E-state index contributed by atoms with van der Waals surface area (Å²) >= 11 is 0. The van der Waals surface area contributed by atoms with Crippen LogP contribution < -0.4 is 9.47 Å². The van der Waals surface area contributed by atoms with Gasteiger partial charge in [0, 0.05) is 11.1 Å². The topological polar surface area (TPSA) is 61.8 Å². The van der Waals surface area contributed by atoms with Gasteiger partial charge in [0.15, 0.2) is 12.4 Å². The van der Waals surface area contributed by atoms with Gasteiger partial charge in [-0.25, -0.2) is 4.79 Å². The summed E-state index contributed by atoms with van der Waals surface area (Å²) in [5, 5.41) is 0. The van der Waals surface area contributed by atoms with Crippen LogP contribution in [0.1, 0.15) is 15.9 Å². The average Bonchev–Trinajstić information content (AvgIpc) is 2.65. The first-order valence-electron chi connectivity index (χ1n) is 7.55. The highest BCUT2D eigenvalue weighted by molar-refractivity contribution is 6.07. The van der Waals surface area contributed by atoms with Crippen molar-refractivity contribution in [2.24, 2.45) is 0 Å². The molecule has 26 heavy (non-hydrogen) atoms. The molecule has 7 heteroatoms. The zero-order chi connectivity index (χ0) is 18.9. The van der Waals surface area contributed by atoms with Gasteiger partial charge in [0.2, 0.25) is 0 Å². The molecule has 0 heterocycles. The van der Waals surface area contributed by atoms with Gasteiger partial charge in [-0.15, -0.1) is 0 Å². The summed E-state index contributed by atoms with van der Waals surface area (Å²) in [4.78, 5) is 23.2. The molecule has 2 aromatic rings. The zero-order valence-electron chi connectivity index (χ0n) is 13.9. The molecule has 0 atom stereocenters. The van der Waals surface area contributed by atoms with Crippen LogP contribution in [0.4, 0.5) is 8.78 Å². The van der Waals surface area contributed by atoms with Gasteiger partial charge >= 0.3 is 12.6 Å². The number of ether oxygens (including phenoxy) is 3. The normalized spacial score (nSPS) is 10.8. The molecule has 2 aromatic carbocycles. The number of hydrogen-bond acceptors (Lipinski definition) is 5. The van der Waals surface area contributed by atoms with Crippen LogP contribution in [0.5, 0.6) is 11.5 Å². The Morgan fingerprint density at radius 2 is 1.77 bits per heavy atom. The smallest absolute Gasteiger partial charge is 0.387 e. The van der Waals surface area contributed by atoms with Gasteiger partial charge in [-0.05, 0) is 42.5 Å². The number of esters is 1. The lowest BCUT2D eigenvalue weighted by Crippen LogP contribution is -2.12. The molecule has 0 amide bonds. The standard InChI is InChI=1S/C19H16F2O5/c1-24-18(23)12-25-15-9-6-13(7-10-15)16(22)11-8-14-4-2-3-5-17(14)26-19(20)21/h2-11,19H,12H2,1H3/b11-8+. The number of carbonyl (C=O) groups excluding carboxylic acids is 2. The van der Waals surface area contributed by atoms with E-state index in [1.807, 2.05) is 0 Å². The maximum atomic E-state index is 12.4. The van der Waals surface area contributed by atoms with Crippen LogP contribution in [0.2, 0.25) is 0 Å². The maximum Gasteiger partial charge on any atom is 0.387 e. The van der Waals surface area contributed by atoms with Crippen LogP contribution in [-0.4, -0.2) is 32.1 Å². The number of methoxy groups -OCH3 is 1. The Hall–Kier alpha value is -3.22. The molecule has 0 radical (unpaired) electrons. The number of benzene rings is 2. The molecule has 5 nitrogen and oxygen atoms in total. The summed E-state index contributed by atoms with van der Waals surface area (Å²) < 4.78 is 38.8. The lowest BCUT2D eigenvalue weighted by Gasteiger charge is -2.07. The third-order valence-corrected chi connectivity index (χ3v) is 3.27. The van der Waals surface area contributed by atoms with Gasteiger partial charge in [0.1, 0.15) is 11.5 Å². The number of rotatable bonds is 8. The van der Waals surface area contributed by atoms with Crippen molar-refractivity contribution in [1.29, 1.82) is 0 Å². The van der Waals surface area contributed by atoms with Crippen molar-refractivity contribution in [2.45, 2.75) is 6.61 Å². The second-order valence-corrected chi connectivity index (χ2v) is 5.00. The molecule has 0 aromatic heterocycles. The summed E-state index contributed by atoms with van der Waals surface area (Å²) in [7, 11) is 1.25. The molecule has 0 unspecified atom stereocenters. The van der Waals surface area contributed by atoms with Gasteiger partial charge in [-0.3, -0.25) is 4.79 Å². The van der Waals surface area contributed by atoms with E-state index in [1.165, 1.54) is 49.6 Å². The summed E-state index contributed by atoms with van der Waals surface area (Å²) in [6, 6.07) is 12.3. The molecule has 0 fully saturated rings. The Bertz CT molecular complexity index is 785. The predicted molar refractivity (Wildman–Crippen MR) is 90.4 cm³/mol. The number of hydrogen-bond donors (Lipinski definition) is 0. The van der Waals surface area contributed by atoms with Crippen molar-refractivity contribution >= 4 is 17.8 Å². The first-order chi connectivity index (χ1) is 12.5. The Morgan fingerprint density at radius 3 is 2.42 bits per heavy atom. The van der Waals surface area contributed by atoms with Crippen LogP contribution in [0.25, 0.3) is 6.08 Å². The predicted octanol–water partition coefficient (Wildman–Crippen LogP) is 3.74. The van der Waals surface area contributed by atoms with Gasteiger partial charge in [-0.2, -0.15) is 8.78 Å².